The van der Waals surface area contributed by atoms with Crippen molar-refractivity contribution in [1.29, 1.82) is 0 Å². The zero-order valence-corrected chi connectivity index (χ0v) is 18.1. The van der Waals surface area contributed by atoms with E-state index in [1.165, 1.54) is 10.7 Å². The van der Waals surface area contributed by atoms with Crippen LogP contribution in [0.25, 0.3) is 5.82 Å². The number of aromatic nitrogens is 4. The van der Waals surface area contributed by atoms with E-state index in [9.17, 15) is 9.59 Å². The summed E-state index contributed by atoms with van der Waals surface area (Å²) in [6.07, 6.45) is 0.704. The third-order valence-electron chi connectivity index (χ3n) is 5.43. The van der Waals surface area contributed by atoms with Gasteiger partial charge in [-0.15, -0.1) is 5.10 Å². The number of carbonyl (C=O) groups is 1. The molecule has 0 atom stereocenters. The first-order chi connectivity index (χ1) is 14.9. The van der Waals surface area contributed by atoms with Crippen LogP contribution in [0.1, 0.15) is 22.5 Å². The van der Waals surface area contributed by atoms with Crippen LogP contribution in [0.5, 0.6) is 11.5 Å². The molecule has 3 heterocycles. The minimum atomic E-state index is -0.331. The number of carbonyl (C=O) groups excluding carboxylic acids is 1. The Kier molecular flexibility index (Phi) is 5.50. The molecule has 1 amide bonds. The van der Waals surface area contributed by atoms with Crippen LogP contribution in [0, 0.1) is 13.8 Å². The topological polar surface area (TPSA) is 91.5 Å². The Bertz CT molecular complexity index is 1200. The van der Waals surface area contributed by atoms with E-state index < -0.39 is 0 Å². The second kappa shape index (κ2) is 8.25. The molecule has 1 aromatic carbocycles. The molecule has 0 saturated carbocycles. The van der Waals surface area contributed by atoms with Gasteiger partial charge in [-0.2, -0.15) is 5.10 Å². The minimum absolute atomic E-state index is 0.130. The molecule has 31 heavy (non-hydrogen) atoms. The fourth-order valence-electron chi connectivity index (χ4n) is 3.85. The molecule has 0 bridgehead atoms. The smallest absolute Gasteiger partial charge is 0.267 e. The summed E-state index contributed by atoms with van der Waals surface area (Å²) in [5.74, 6) is 1.64. The molecular weight excluding hydrogens is 398 g/mol. The van der Waals surface area contributed by atoms with Crippen molar-refractivity contribution in [2.24, 2.45) is 0 Å². The summed E-state index contributed by atoms with van der Waals surface area (Å²) in [5, 5.41) is 8.76. The molecule has 1 aliphatic heterocycles. The van der Waals surface area contributed by atoms with Gasteiger partial charge in [0.25, 0.3) is 5.56 Å². The van der Waals surface area contributed by atoms with Gasteiger partial charge in [0.2, 0.25) is 5.91 Å². The maximum atomic E-state index is 13.0. The molecule has 0 spiro atoms. The molecule has 162 valence electrons. The van der Waals surface area contributed by atoms with Gasteiger partial charge in [-0.05, 0) is 55.7 Å². The third-order valence-corrected chi connectivity index (χ3v) is 5.43. The first-order valence-electron chi connectivity index (χ1n) is 10.0. The number of benzene rings is 1. The Morgan fingerprint density at radius 3 is 2.39 bits per heavy atom. The van der Waals surface area contributed by atoms with Crippen molar-refractivity contribution in [3.8, 4) is 17.3 Å². The average Bonchev–Trinajstić information content (AvgIpc) is 3.11. The van der Waals surface area contributed by atoms with E-state index in [-0.39, 0.29) is 18.0 Å². The van der Waals surface area contributed by atoms with Gasteiger partial charge in [0.05, 0.1) is 19.9 Å². The fraction of sp³-hybridized carbons (Fsp3) is 0.364. The van der Waals surface area contributed by atoms with Gasteiger partial charge in [0.1, 0.15) is 6.54 Å². The zero-order chi connectivity index (χ0) is 22.1. The highest BCUT2D eigenvalue weighted by atomic mass is 16.5. The summed E-state index contributed by atoms with van der Waals surface area (Å²) < 4.78 is 13.6. The lowest BCUT2D eigenvalue weighted by Gasteiger charge is -2.29. The molecular formula is C22H25N5O4. The Morgan fingerprint density at radius 1 is 1.03 bits per heavy atom. The van der Waals surface area contributed by atoms with E-state index in [0.717, 1.165) is 22.5 Å². The molecule has 3 aromatic rings. The van der Waals surface area contributed by atoms with Crippen molar-refractivity contribution in [3.63, 3.8) is 0 Å². The first-order valence-corrected chi connectivity index (χ1v) is 10.0. The van der Waals surface area contributed by atoms with Crippen molar-refractivity contribution >= 4 is 5.91 Å². The van der Waals surface area contributed by atoms with Gasteiger partial charge >= 0.3 is 0 Å². The summed E-state index contributed by atoms with van der Waals surface area (Å²) in [4.78, 5) is 27.0. The van der Waals surface area contributed by atoms with E-state index in [1.807, 2.05) is 32.0 Å². The summed E-state index contributed by atoms with van der Waals surface area (Å²) in [6, 6.07) is 8.81. The molecule has 0 saturated heterocycles. The van der Waals surface area contributed by atoms with E-state index in [4.69, 9.17) is 9.47 Å². The van der Waals surface area contributed by atoms with Gasteiger partial charge in [-0.1, -0.05) is 0 Å². The summed E-state index contributed by atoms with van der Waals surface area (Å²) >= 11 is 0. The van der Waals surface area contributed by atoms with Crippen LogP contribution in [0.4, 0.5) is 0 Å². The van der Waals surface area contributed by atoms with Crippen LogP contribution >= 0.6 is 0 Å². The zero-order valence-electron chi connectivity index (χ0n) is 18.1. The van der Waals surface area contributed by atoms with Gasteiger partial charge in [-0.3, -0.25) is 9.59 Å². The maximum absolute atomic E-state index is 13.0. The summed E-state index contributed by atoms with van der Waals surface area (Å²) in [6.45, 7) is 4.68. The Labute approximate surface area is 179 Å². The summed E-state index contributed by atoms with van der Waals surface area (Å²) in [7, 11) is 3.19. The number of hydrogen-bond acceptors (Lipinski definition) is 6. The maximum Gasteiger partial charge on any atom is 0.267 e. The Hall–Kier alpha value is -3.62. The lowest BCUT2D eigenvalue weighted by molar-refractivity contribution is -0.133. The van der Waals surface area contributed by atoms with Crippen molar-refractivity contribution < 1.29 is 14.3 Å². The molecule has 0 radical (unpaired) electrons. The molecule has 9 nitrogen and oxygen atoms in total. The standard InChI is InChI=1S/C22H25N5O4/c1-14-9-15(2)27(23-14)20-5-6-21(28)26(24-20)13-22(29)25-8-7-16-10-18(30-3)19(31-4)11-17(16)12-25/h5-6,9-11H,7-8,12-13H2,1-4H3. The molecule has 0 unspecified atom stereocenters. The molecule has 1 aliphatic rings. The van der Waals surface area contributed by atoms with Crippen LogP contribution < -0.4 is 15.0 Å². The molecule has 0 fully saturated rings. The second-order valence-corrected chi connectivity index (χ2v) is 7.57. The highest BCUT2D eigenvalue weighted by Gasteiger charge is 2.23. The van der Waals surface area contributed by atoms with Crippen molar-refractivity contribution in [3.05, 3.63) is 63.2 Å². The molecule has 2 aromatic heterocycles. The molecule has 0 aliphatic carbocycles. The van der Waals surface area contributed by atoms with Crippen LogP contribution in [0.3, 0.4) is 0 Å². The monoisotopic (exact) mass is 423 g/mol. The number of ether oxygens (including phenoxy) is 2. The van der Waals surface area contributed by atoms with Crippen molar-refractivity contribution in [2.75, 3.05) is 20.8 Å². The first kappa shape index (κ1) is 20.6. The largest absolute Gasteiger partial charge is 0.493 e. The van der Waals surface area contributed by atoms with Gasteiger partial charge < -0.3 is 14.4 Å². The number of methoxy groups -OCH3 is 2. The number of rotatable bonds is 5. The normalized spacial score (nSPS) is 13.1. The number of fused-ring (bicyclic) bond motifs is 1. The Balaban J connectivity index is 1.55. The van der Waals surface area contributed by atoms with Crippen molar-refractivity contribution in [2.45, 2.75) is 33.4 Å². The van der Waals surface area contributed by atoms with E-state index in [1.54, 1.807) is 29.9 Å². The van der Waals surface area contributed by atoms with Crippen LogP contribution in [-0.4, -0.2) is 51.1 Å². The predicted molar refractivity (Wildman–Crippen MR) is 114 cm³/mol. The Morgan fingerprint density at radius 2 is 1.74 bits per heavy atom. The highest BCUT2D eigenvalue weighted by Crippen LogP contribution is 2.33. The SMILES string of the molecule is COc1cc2c(cc1OC)CN(C(=O)Cn1nc(-n3nc(C)cc3C)ccc1=O)CC2. The molecule has 0 N–H and O–H groups in total. The number of hydrogen-bond donors (Lipinski definition) is 0. The molecule has 4 rings (SSSR count). The number of aryl methyl sites for hydroxylation is 2. The second-order valence-electron chi connectivity index (χ2n) is 7.57. The van der Waals surface area contributed by atoms with Gasteiger partial charge in [0, 0.05) is 24.8 Å². The average molecular weight is 423 g/mol. The predicted octanol–water partition coefficient (Wildman–Crippen LogP) is 1.65. The van der Waals surface area contributed by atoms with E-state index >= 15 is 0 Å². The van der Waals surface area contributed by atoms with Crippen LogP contribution in [-0.2, 0) is 24.3 Å². The van der Waals surface area contributed by atoms with Gasteiger partial charge in [0.15, 0.2) is 17.3 Å². The van der Waals surface area contributed by atoms with E-state index in [0.29, 0.717) is 36.8 Å². The minimum Gasteiger partial charge on any atom is -0.493 e. The highest BCUT2D eigenvalue weighted by molar-refractivity contribution is 5.76. The van der Waals surface area contributed by atoms with Crippen molar-refractivity contribution in [1.82, 2.24) is 24.5 Å². The lowest BCUT2D eigenvalue weighted by Crippen LogP contribution is -2.40. The third kappa shape index (κ3) is 4.03. The van der Waals surface area contributed by atoms with Crippen LogP contribution in [0.2, 0.25) is 0 Å². The van der Waals surface area contributed by atoms with E-state index in [2.05, 4.69) is 10.2 Å². The van der Waals surface area contributed by atoms with Gasteiger partial charge in [-0.25, -0.2) is 9.36 Å². The fourth-order valence-corrected chi connectivity index (χ4v) is 3.85. The lowest BCUT2D eigenvalue weighted by atomic mass is 9.98. The quantitative estimate of drug-likeness (QED) is 0.620. The number of amides is 1. The summed E-state index contributed by atoms with van der Waals surface area (Å²) in [5.41, 5.74) is 3.56. The number of nitrogens with zero attached hydrogens (tertiary/aromatic N) is 5. The molecule has 9 heteroatoms. The van der Waals surface area contributed by atoms with Crippen LogP contribution in [0.15, 0.2) is 35.1 Å².